The molecule has 0 saturated carbocycles. The minimum Gasteiger partial charge on any atom is -0.389 e. The van der Waals surface area contributed by atoms with E-state index in [2.05, 4.69) is 5.32 Å². The molecule has 0 aliphatic heterocycles. The maximum absolute atomic E-state index is 13.4. The number of aliphatic hydroxyl groups excluding tert-OH is 1. The largest absolute Gasteiger partial charge is 0.389 e. The number of benzene rings is 1. The lowest BCUT2D eigenvalue weighted by molar-refractivity contribution is -0.121. The molecule has 1 rings (SSSR count). The number of halogens is 2. The molecule has 0 saturated heterocycles. The Morgan fingerprint density at radius 1 is 1.33 bits per heavy atom. The number of carbonyl (C=O) groups is 1. The predicted octanol–water partition coefficient (Wildman–Crippen LogP) is 1.66. The van der Waals surface area contributed by atoms with E-state index in [4.69, 9.17) is 4.74 Å². The number of ether oxygens (including phenoxy) is 1. The van der Waals surface area contributed by atoms with E-state index in [0.717, 1.165) is 6.07 Å². The van der Waals surface area contributed by atoms with E-state index in [0.29, 0.717) is 12.5 Å². The summed E-state index contributed by atoms with van der Waals surface area (Å²) in [6, 6.07) is 3.68. The summed E-state index contributed by atoms with van der Waals surface area (Å²) < 4.78 is 31.6. The van der Waals surface area contributed by atoms with Gasteiger partial charge in [0.1, 0.15) is 0 Å². The minimum atomic E-state index is -1.02. The van der Waals surface area contributed by atoms with Crippen molar-refractivity contribution in [2.45, 2.75) is 26.4 Å². The highest BCUT2D eigenvalue weighted by molar-refractivity contribution is 5.78. The molecule has 118 valence electrons. The van der Waals surface area contributed by atoms with Gasteiger partial charge in [0.05, 0.1) is 19.1 Å². The van der Waals surface area contributed by atoms with Crippen molar-refractivity contribution in [1.82, 2.24) is 5.32 Å². The number of aliphatic hydroxyl groups is 1. The lowest BCUT2D eigenvalue weighted by Crippen LogP contribution is -2.35. The van der Waals surface area contributed by atoms with E-state index < -0.39 is 23.6 Å². The van der Waals surface area contributed by atoms with Crippen LogP contribution in [0.5, 0.6) is 0 Å². The van der Waals surface area contributed by atoms with Gasteiger partial charge < -0.3 is 15.2 Å². The summed E-state index contributed by atoms with van der Waals surface area (Å²) >= 11 is 0. The van der Waals surface area contributed by atoms with E-state index >= 15 is 0 Å². The van der Waals surface area contributed by atoms with Gasteiger partial charge in [-0.15, -0.1) is 0 Å². The van der Waals surface area contributed by atoms with Crippen LogP contribution in [0.2, 0.25) is 0 Å². The Balaban J connectivity index is 2.32. The first kappa shape index (κ1) is 17.5. The van der Waals surface area contributed by atoms with Crippen LogP contribution >= 0.6 is 0 Å². The Morgan fingerprint density at radius 3 is 2.71 bits per heavy atom. The monoisotopic (exact) mass is 301 g/mol. The summed E-state index contributed by atoms with van der Waals surface area (Å²) in [5, 5.41) is 12.1. The fourth-order valence-electron chi connectivity index (χ4n) is 1.65. The zero-order valence-electron chi connectivity index (χ0n) is 12.2. The Morgan fingerprint density at radius 2 is 2.05 bits per heavy atom. The van der Waals surface area contributed by atoms with E-state index in [9.17, 15) is 18.7 Å². The SMILES string of the molecule is CC(C)COCC(O)CNC(=O)Cc1cccc(F)c1F. The van der Waals surface area contributed by atoms with Crippen LogP contribution in [0.1, 0.15) is 19.4 Å². The van der Waals surface area contributed by atoms with E-state index in [1.165, 1.54) is 12.1 Å². The molecule has 0 spiro atoms. The zero-order chi connectivity index (χ0) is 15.8. The minimum absolute atomic E-state index is 0.00780. The van der Waals surface area contributed by atoms with Gasteiger partial charge in [0.2, 0.25) is 5.91 Å². The smallest absolute Gasteiger partial charge is 0.224 e. The van der Waals surface area contributed by atoms with Crippen molar-refractivity contribution in [3.63, 3.8) is 0 Å². The van der Waals surface area contributed by atoms with Crippen LogP contribution in [-0.4, -0.2) is 36.9 Å². The molecule has 1 aromatic carbocycles. The molecule has 2 N–H and O–H groups in total. The Kier molecular flexibility index (Phi) is 7.25. The van der Waals surface area contributed by atoms with Crippen LogP contribution in [0.15, 0.2) is 18.2 Å². The van der Waals surface area contributed by atoms with Crippen molar-refractivity contribution in [2.75, 3.05) is 19.8 Å². The summed E-state index contributed by atoms with van der Waals surface area (Å²) in [6.07, 6.45) is -1.10. The first-order valence-electron chi connectivity index (χ1n) is 6.85. The van der Waals surface area contributed by atoms with Crippen molar-refractivity contribution in [3.8, 4) is 0 Å². The van der Waals surface area contributed by atoms with Gasteiger partial charge in [-0.25, -0.2) is 8.78 Å². The van der Waals surface area contributed by atoms with Crippen LogP contribution in [0.25, 0.3) is 0 Å². The normalized spacial score (nSPS) is 12.5. The average Bonchev–Trinajstić information content (AvgIpc) is 2.41. The number of amides is 1. The van der Waals surface area contributed by atoms with Gasteiger partial charge >= 0.3 is 0 Å². The molecule has 1 atom stereocenters. The molecule has 0 bridgehead atoms. The lowest BCUT2D eigenvalue weighted by atomic mass is 10.1. The third-order valence-corrected chi connectivity index (χ3v) is 2.68. The second kappa shape index (κ2) is 8.69. The highest BCUT2D eigenvalue weighted by Crippen LogP contribution is 2.11. The summed E-state index contributed by atoms with van der Waals surface area (Å²) in [7, 11) is 0. The fraction of sp³-hybridized carbons (Fsp3) is 0.533. The van der Waals surface area contributed by atoms with Crippen LogP contribution in [0, 0.1) is 17.6 Å². The van der Waals surface area contributed by atoms with Crippen molar-refractivity contribution < 1.29 is 23.4 Å². The molecule has 0 heterocycles. The third-order valence-electron chi connectivity index (χ3n) is 2.68. The van der Waals surface area contributed by atoms with Gasteiger partial charge in [-0.05, 0) is 12.0 Å². The molecule has 0 radical (unpaired) electrons. The topological polar surface area (TPSA) is 58.6 Å². The van der Waals surface area contributed by atoms with Crippen LogP contribution < -0.4 is 5.32 Å². The van der Waals surface area contributed by atoms with E-state index in [1.54, 1.807) is 0 Å². The average molecular weight is 301 g/mol. The molecule has 1 amide bonds. The maximum atomic E-state index is 13.4. The van der Waals surface area contributed by atoms with E-state index in [1.807, 2.05) is 13.8 Å². The number of nitrogens with one attached hydrogen (secondary N) is 1. The van der Waals surface area contributed by atoms with Crippen molar-refractivity contribution >= 4 is 5.91 Å². The molecule has 4 nitrogen and oxygen atoms in total. The van der Waals surface area contributed by atoms with Gasteiger partial charge in [0, 0.05) is 18.7 Å². The third kappa shape index (κ3) is 6.64. The molecule has 21 heavy (non-hydrogen) atoms. The van der Waals surface area contributed by atoms with E-state index in [-0.39, 0.29) is 25.1 Å². The highest BCUT2D eigenvalue weighted by atomic mass is 19.2. The summed E-state index contributed by atoms with van der Waals surface area (Å²) in [6.45, 7) is 4.63. The zero-order valence-corrected chi connectivity index (χ0v) is 12.2. The second-order valence-electron chi connectivity index (χ2n) is 5.28. The number of rotatable bonds is 8. The summed E-state index contributed by atoms with van der Waals surface area (Å²) in [5.41, 5.74) is -0.0157. The molecule has 0 aromatic heterocycles. The Labute approximate surface area is 123 Å². The molecule has 0 aliphatic rings. The first-order chi connectivity index (χ1) is 9.90. The van der Waals surface area contributed by atoms with Crippen LogP contribution in [0.4, 0.5) is 8.78 Å². The first-order valence-corrected chi connectivity index (χ1v) is 6.85. The van der Waals surface area contributed by atoms with Gasteiger partial charge in [-0.2, -0.15) is 0 Å². The highest BCUT2D eigenvalue weighted by Gasteiger charge is 2.13. The number of carbonyl (C=O) groups excluding carboxylic acids is 1. The van der Waals surface area contributed by atoms with Gasteiger partial charge in [-0.3, -0.25) is 4.79 Å². The summed E-state index contributed by atoms with van der Waals surface area (Å²) in [4.78, 5) is 11.6. The molecule has 0 fully saturated rings. The van der Waals surface area contributed by atoms with Crippen LogP contribution in [0.3, 0.4) is 0 Å². The number of hydrogen-bond donors (Lipinski definition) is 2. The van der Waals surface area contributed by atoms with Crippen LogP contribution in [-0.2, 0) is 16.0 Å². The lowest BCUT2D eigenvalue weighted by Gasteiger charge is -2.13. The Hall–Kier alpha value is -1.53. The predicted molar refractivity (Wildman–Crippen MR) is 74.7 cm³/mol. The fourth-order valence-corrected chi connectivity index (χ4v) is 1.65. The molecule has 6 heteroatoms. The number of hydrogen-bond acceptors (Lipinski definition) is 3. The standard InChI is InChI=1S/C15H21F2NO3/c1-10(2)8-21-9-12(19)7-18-14(20)6-11-4-3-5-13(16)15(11)17/h3-5,10,12,19H,6-9H2,1-2H3,(H,18,20). The van der Waals surface area contributed by atoms with Gasteiger partial charge in [-0.1, -0.05) is 26.0 Å². The molecular weight excluding hydrogens is 280 g/mol. The molecule has 0 aliphatic carbocycles. The molecule has 1 aromatic rings. The van der Waals surface area contributed by atoms with Gasteiger partial charge in [0.25, 0.3) is 0 Å². The molecular formula is C15H21F2NO3. The second-order valence-corrected chi connectivity index (χ2v) is 5.28. The van der Waals surface area contributed by atoms with Crippen molar-refractivity contribution in [1.29, 1.82) is 0 Å². The summed E-state index contributed by atoms with van der Waals surface area (Å²) in [5.74, 6) is -2.12. The molecule has 1 unspecified atom stereocenters. The van der Waals surface area contributed by atoms with Crippen molar-refractivity contribution in [2.24, 2.45) is 5.92 Å². The Bertz CT molecular complexity index is 466. The quantitative estimate of drug-likeness (QED) is 0.768. The van der Waals surface area contributed by atoms with Crippen molar-refractivity contribution in [3.05, 3.63) is 35.4 Å². The van der Waals surface area contributed by atoms with Gasteiger partial charge in [0.15, 0.2) is 11.6 Å². The maximum Gasteiger partial charge on any atom is 0.224 e.